The summed E-state index contributed by atoms with van der Waals surface area (Å²) < 4.78 is 5.97. The van der Waals surface area contributed by atoms with E-state index in [-0.39, 0.29) is 28.8 Å². The lowest BCUT2D eigenvalue weighted by molar-refractivity contribution is -0.125. The van der Waals surface area contributed by atoms with E-state index in [2.05, 4.69) is 15.6 Å². The number of likely N-dealkylation sites (tertiary alicyclic amines) is 1. The fourth-order valence-corrected chi connectivity index (χ4v) is 6.63. The van der Waals surface area contributed by atoms with E-state index in [0.29, 0.717) is 63.2 Å². The normalized spacial score (nSPS) is 16.4. The average molecular weight is 621 g/mol. The van der Waals surface area contributed by atoms with Gasteiger partial charge in [-0.25, -0.2) is 9.78 Å². The fourth-order valence-electron chi connectivity index (χ4n) is 5.61. The van der Waals surface area contributed by atoms with Crippen LogP contribution < -0.4 is 20.3 Å². The van der Waals surface area contributed by atoms with E-state index in [1.165, 1.54) is 11.3 Å². The fraction of sp³-hybridized carbons (Fsp3) is 0.265. The second-order valence-electron chi connectivity index (χ2n) is 12.2. The zero-order chi connectivity index (χ0) is 31.9. The van der Waals surface area contributed by atoms with Gasteiger partial charge in [-0.05, 0) is 60.7 Å². The maximum Gasteiger partial charge on any atom is 0.331 e. The van der Waals surface area contributed by atoms with Crippen molar-refractivity contribution in [3.05, 3.63) is 82.9 Å². The number of amides is 4. The Morgan fingerprint density at radius 3 is 2.62 bits per heavy atom. The third-order valence-corrected chi connectivity index (χ3v) is 8.68. The summed E-state index contributed by atoms with van der Waals surface area (Å²) in [6.45, 7) is 8.42. The summed E-state index contributed by atoms with van der Waals surface area (Å²) in [4.78, 5) is 48.8. The number of carbonyl (C=O) groups is 3. The summed E-state index contributed by atoms with van der Waals surface area (Å²) in [6.07, 6.45) is 3.86. The number of anilines is 3. The SMILES string of the molecule is Cc1cc(Oc2ccccc2)ccc1N1C(=O)Nc2c(C(=O)N[C@@H]3CCN(C(=O)/C(C#N)=C/C(C)(C)C)C3)sc3nccc1c23. The number of carbonyl (C=O) groups excluding carboxylic acids is 3. The molecule has 11 heteroatoms. The lowest BCUT2D eigenvalue weighted by atomic mass is 9.93. The molecule has 4 heterocycles. The molecule has 2 aromatic heterocycles. The Hall–Kier alpha value is -5.21. The Morgan fingerprint density at radius 2 is 1.91 bits per heavy atom. The van der Waals surface area contributed by atoms with Crippen molar-refractivity contribution in [3.63, 3.8) is 0 Å². The van der Waals surface area contributed by atoms with Gasteiger partial charge in [0.15, 0.2) is 0 Å². The molecule has 0 radical (unpaired) electrons. The molecule has 10 nitrogen and oxygen atoms in total. The van der Waals surface area contributed by atoms with Crippen LogP contribution >= 0.6 is 11.3 Å². The van der Waals surface area contributed by atoms with E-state index < -0.39 is 6.03 Å². The topological polar surface area (TPSA) is 128 Å². The number of nitrogens with one attached hydrogen (secondary N) is 2. The zero-order valence-corrected chi connectivity index (χ0v) is 26.2. The van der Waals surface area contributed by atoms with Crippen LogP contribution in [-0.2, 0) is 4.79 Å². The smallest absolute Gasteiger partial charge is 0.331 e. The highest BCUT2D eigenvalue weighted by Crippen LogP contribution is 2.46. The molecule has 0 spiro atoms. The van der Waals surface area contributed by atoms with Crippen LogP contribution in [0.4, 0.5) is 21.9 Å². The van der Waals surface area contributed by atoms with Crippen LogP contribution in [0.15, 0.2) is 72.4 Å². The summed E-state index contributed by atoms with van der Waals surface area (Å²) in [5.41, 5.74) is 2.34. The Kier molecular flexibility index (Phi) is 7.76. The standard InChI is InChI=1S/C34H32N6O4S/c1-20-16-24(44-23-8-6-5-7-9-23)10-11-25(20)40-26-12-14-36-31-27(26)28(38-33(40)43)29(45-31)30(41)37-22-13-15-39(19-22)32(42)21(18-35)17-34(2,3)4/h5-12,14,16-17,22H,13,15,19H2,1-4H3,(H,37,41)(H,38,43)/b21-17+/t22-/m1/s1. The largest absolute Gasteiger partial charge is 0.457 e. The summed E-state index contributed by atoms with van der Waals surface area (Å²) in [5.74, 6) is 0.677. The number of rotatable bonds is 6. The van der Waals surface area contributed by atoms with Crippen molar-refractivity contribution in [1.82, 2.24) is 15.2 Å². The first kappa shape index (κ1) is 29.8. The van der Waals surface area contributed by atoms with E-state index in [1.54, 1.807) is 28.1 Å². The Morgan fingerprint density at radius 1 is 1.13 bits per heavy atom. The highest BCUT2D eigenvalue weighted by atomic mass is 32.1. The van der Waals surface area contributed by atoms with Crippen LogP contribution in [0.1, 0.15) is 42.4 Å². The van der Waals surface area contributed by atoms with Gasteiger partial charge in [0.1, 0.15) is 32.8 Å². The molecule has 2 aliphatic heterocycles. The van der Waals surface area contributed by atoms with Crippen molar-refractivity contribution in [2.75, 3.05) is 23.3 Å². The number of ether oxygens (including phenoxy) is 1. The molecule has 45 heavy (non-hydrogen) atoms. The third-order valence-electron chi connectivity index (χ3n) is 7.58. The molecule has 2 aliphatic rings. The van der Waals surface area contributed by atoms with E-state index >= 15 is 0 Å². The number of allylic oxidation sites excluding steroid dienone is 1. The monoisotopic (exact) mass is 620 g/mol. The van der Waals surface area contributed by atoms with Crippen molar-refractivity contribution in [1.29, 1.82) is 5.26 Å². The van der Waals surface area contributed by atoms with Crippen LogP contribution in [-0.4, -0.2) is 46.9 Å². The molecule has 1 fully saturated rings. The van der Waals surface area contributed by atoms with Gasteiger partial charge < -0.3 is 20.3 Å². The van der Waals surface area contributed by atoms with Gasteiger partial charge in [-0.2, -0.15) is 5.26 Å². The predicted octanol–water partition coefficient (Wildman–Crippen LogP) is 6.91. The van der Waals surface area contributed by atoms with Gasteiger partial charge in [-0.15, -0.1) is 11.3 Å². The number of hydrogen-bond acceptors (Lipinski definition) is 7. The van der Waals surface area contributed by atoms with Gasteiger partial charge in [0.25, 0.3) is 11.8 Å². The van der Waals surface area contributed by atoms with Crippen molar-refractivity contribution in [2.24, 2.45) is 5.41 Å². The minimum Gasteiger partial charge on any atom is -0.457 e. The molecule has 0 unspecified atom stereocenters. The van der Waals surface area contributed by atoms with Crippen LogP contribution in [0.5, 0.6) is 11.5 Å². The number of urea groups is 1. The van der Waals surface area contributed by atoms with E-state index in [1.807, 2.05) is 82.3 Å². The second-order valence-corrected chi connectivity index (χ2v) is 13.2. The summed E-state index contributed by atoms with van der Waals surface area (Å²) in [7, 11) is 0. The molecule has 6 rings (SSSR count). The summed E-state index contributed by atoms with van der Waals surface area (Å²) >= 11 is 1.21. The van der Waals surface area contributed by atoms with Gasteiger partial charge in [0.05, 0.1) is 22.4 Å². The molecule has 0 aliphatic carbocycles. The molecule has 1 atom stereocenters. The lowest BCUT2D eigenvalue weighted by Gasteiger charge is -2.29. The highest BCUT2D eigenvalue weighted by Gasteiger charge is 2.35. The Labute approximate surface area is 264 Å². The Bertz CT molecular complexity index is 1900. The van der Waals surface area contributed by atoms with Gasteiger partial charge in [0.2, 0.25) is 0 Å². The molecule has 4 aromatic rings. The average Bonchev–Trinajstić information content (AvgIpc) is 3.62. The number of hydrogen-bond donors (Lipinski definition) is 2. The molecular formula is C34H32N6O4S. The number of nitriles is 1. The number of aryl methyl sites for hydroxylation is 1. The van der Waals surface area contributed by atoms with Crippen molar-refractivity contribution in [3.8, 4) is 17.6 Å². The zero-order valence-electron chi connectivity index (χ0n) is 25.4. The molecule has 228 valence electrons. The summed E-state index contributed by atoms with van der Waals surface area (Å²) in [6, 6.07) is 18.1. The van der Waals surface area contributed by atoms with Crippen LogP contribution in [0.25, 0.3) is 10.2 Å². The van der Waals surface area contributed by atoms with Crippen molar-refractivity contribution in [2.45, 2.75) is 40.2 Å². The second kappa shape index (κ2) is 11.7. The van der Waals surface area contributed by atoms with E-state index in [0.717, 1.165) is 5.56 Å². The molecule has 4 amide bonds. The van der Waals surface area contributed by atoms with Gasteiger partial charge in [0, 0.05) is 25.3 Å². The maximum atomic E-state index is 13.6. The molecule has 1 saturated heterocycles. The van der Waals surface area contributed by atoms with Crippen LogP contribution in [0.3, 0.4) is 0 Å². The first-order valence-corrected chi connectivity index (χ1v) is 15.4. The van der Waals surface area contributed by atoms with Gasteiger partial charge in [-0.1, -0.05) is 45.0 Å². The van der Waals surface area contributed by atoms with Gasteiger partial charge >= 0.3 is 6.03 Å². The predicted molar refractivity (Wildman–Crippen MR) is 174 cm³/mol. The first-order chi connectivity index (χ1) is 21.5. The number of para-hydroxylation sites is 1. The minimum absolute atomic E-state index is 0.0999. The van der Waals surface area contributed by atoms with E-state index in [4.69, 9.17) is 4.74 Å². The molecule has 2 N–H and O–H groups in total. The van der Waals surface area contributed by atoms with Crippen LogP contribution in [0, 0.1) is 23.7 Å². The number of aromatic nitrogens is 1. The first-order valence-electron chi connectivity index (χ1n) is 14.6. The van der Waals surface area contributed by atoms with E-state index in [9.17, 15) is 19.6 Å². The molecule has 2 aromatic carbocycles. The number of thiophene rings is 1. The lowest BCUT2D eigenvalue weighted by Crippen LogP contribution is -2.39. The third kappa shape index (κ3) is 5.97. The van der Waals surface area contributed by atoms with Crippen molar-refractivity contribution < 1.29 is 19.1 Å². The van der Waals surface area contributed by atoms with Crippen LogP contribution in [0.2, 0.25) is 0 Å². The summed E-state index contributed by atoms with van der Waals surface area (Å²) in [5, 5.41) is 16.2. The molecule has 0 bridgehead atoms. The number of pyridine rings is 1. The maximum absolute atomic E-state index is 13.6. The highest BCUT2D eigenvalue weighted by molar-refractivity contribution is 7.21. The van der Waals surface area contributed by atoms with Crippen molar-refractivity contribution >= 4 is 56.5 Å². The molecular weight excluding hydrogens is 588 g/mol. The number of nitrogens with zero attached hydrogens (tertiary/aromatic N) is 4. The minimum atomic E-state index is -0.394. The van der Waals surface area contributed by atoms with Gasteiger partial charge in [-0.3, -0.25) is 14.5 Å². The Balaban J connectivity index is 1.23. The quantitative estimate of drug-likeness (QED) is 0.178. The number of benzene rings is 2. The molecule has 0 saturated carbocycles.